The van der Waals surface area contributed by atoms with E-state index in [0.717, 1.165) is 17.7 Å². The second kappa shape index (κ2) is 15.4. The smallest absolute Gasteiger partial charge is 0.369 e. The number of fused-ring (bicyclic) bond motifs is 1. The van der Waals surface area contributed by atoms with Crippen LogP contribution in [0.2, 0.25) is 0 Å². The summed E-state index contributed by atoms with van der Waals surface area (Å²) in [5.74, 6) is -3.26. The van der Waals surface area contributed by atoms with Crippen LogP contribution < -0.4 is 16.0 Å². The number of rotatable bonds is 12. The zero-order valence-electron chi connectivity index (χ0n) is 27.9. The third-order valence-corrected chi connectivity index (χ3v) is 8.68. The highest BCUT2D eigenvalue weighted by molar-refractivity contribution is 6.20. The van der Waals surface area contributed by atoms with Gasteiger partial charge in [-0.25, -0.2) is 4.99 Å². The van der Waals surface area contributed by atoms with E-state index in [0.29, 0.717) is 40.1 Å². The molecule has 0 aliphatic carbocycles. The molecule has 10 heteroatoms. The molecular weight excluding hydrogens is 641 g/mol. The molecule has 258 valence electrons. The summed E-state index contributed by atoms with van der Waals surface area (Å²) in [6.45, 7) is 7.68. The van der Waals surface area contributed by atoms with Crippen molar-refractivity contribution in [3.63, 3.8) is 0 Å². The van der Waals surface area contributed by atoms with Gasteiger partial charge in [0.2, 0.25) is 18.0 Å². The lowest BCUT2D eigenvalue weighted by molar-refractivity contribution is -0.137. The summed E-state index contributed by atoms with van der Waals surface area (Å²) in [7, 11) is 0. The largest absolute Gasteiger partial charge is 0.416 e. The standard InChI is InChI=1S/C40H39F3N4O3/c1-4-11-31(36(44)48)33(22-25(2)3)38(49)46-37-39(50)47(34-17-9-8-16-32(34)35(45-37)28-13-6-5-7-14-28)24-26-12-10-15-29(23-26)27-18-20-30(21-19-27)40(41,42)43/h4-10,12-21,23,25,31,33,37H,1,11,22,24H2,2-3H3,(H2,44,48)(H,46,49). The Balaban J connectivity index is 1.56. The van der Waals surface area contributed by atoms with E-state index in [2.05, 4.69) is 11.9 Å². The third-order valence-electron chi connectivity index (χ3n) is 8.68. The van der Waals surface area contributed by atoms with E-state index in [9.17, 15) is 27.6 Å². The van der Waals surface area contributed by atoms with Crippen LogP contribution in [-0.2, 0) is 27.1 Å². The highest BCUT2D eigenvalue weighted by Crippen LogP contribution is 2.33. The summed E-state index contributed by atoms with van der Waals surface area (Å²) in [5.41, 5.74) is 9.44. The van der Waals surface area contributed by atoms with Gasteiger partial charge in [0.15, 0.2) is 0 Å². The van der Waals surface area contributed by atoms with Gasteiger partial charge < -0.3 is 16.0 Å². The SMILES string of the molecule is C=CCC(C(N)=O)C(CC(C)C)C(=O)NC1N=C(c2ccccc2)c2ccccc2N(Cc2cccc(-c3ccc(C(F)(F)F)cc3)c2)C1=O. The third kappa shape index (κ3) is 8.19. The van der Waals surface area contributed by atoms with Gasteiger partial charge in [-0.15, -0.1) is 6.58 Å². The number of nitrogens with two attached hydrogens (primary N) is 1. The predicted octanol–water partition coefficient (Wildman–Crippen LogP) is 7.54. The van der Waals surface area contributed by atoms with E-state index in [4.69, 9.17) is 10.7 Å². The Morgan fingerprint density at radius 2 is 1.56 bits per heavy atom. The predicted molar refractivity (Wildman–Crippen MR) is 189 cm³/mol. The number of carbonyl (C=O) groups excluding carboxylic acids is 3. The maximum absolute atomic E-state index is 14.6. The molecule has 1 heterocycles. The molecule has 5 rings (SSSR count). The number of benzene rings is 4. The van der Waals surface area contributed by atoms with Gasteiger partial charge in [0.1, 0.15) is 0 Å². The molecule has 0 radical (unpaired) electrons. The van der Waals surface area contributed by atoms with Crippen LogP contribution in [0, 0.1) is 17.8 Å². The normalized spacial score (nSPS) is 15.8. The maximum atomic E-state index is 14.6. The van der Waals surface area contributed by atoms with Crippen LogP contribution in [0.4, 0.5) is 18.9 Å². The van der Waals surface area contributed by atoms with Crippen LogP contribution in [-0.4, -0.2) is 29.6 Å². The molecule has 50 heavy (non-hydrogen) atoms. The van der Waals surface area contributed by atoms with Crippen molar-refractivity contribution >= 4 is 29.1 Å². The zero-order valence-corrected chi connectivity index (χ0v) is 27.9. The molecule has 0 fully saturated rings. The van der Waals surface area contributed by atoms with E-state index in [1.165, 1.54) is 12.1 Å². The molecule has 0 bridgehead atoms. The van der Waals surface area contributed by atoms with Gasteiger partial charge in [-0.3, -0.25) is 14.4 Å². The molecule has 4 aromatic carbocycles. The molecular formula is C40H39F3N4O3. The first-order valence-electron chi connectivity index (χ1n) is 16.4. The quantitative estimate of drug-likeness (QED) is 0.151. The summed E-state index contributed by atoms with van der Waals surface area (Å²) in [4.78, 5) is 47.5. The number of alkyl halides is 3. The summed E-state index contributed by atoms with van der Waals surface area (Å²) in [6, 6.07) is 28.8. The van der Waals surface area contributed by atoms with Crippen molar-refractivity contribution in [1.82, 2.24) is 5.32 Å². The topological polar surface area (TPSA) is 105 Å². The molecule has 3 amide bonds. The van der Waals surface area contributed by atoms with Crippen molar-refractivity contribution in [3.05, 3.63) is 138 Å². The molecule has 4 aromatic rings. The average Bonchev–Trinajstić information content (AvgIpc) is 3.20. The number of anilines is 1. The van der Waals surface area contributed by atoms with Crippen LogP contribution in [0.5, 0.6) is 0 Å². The number of hydrogen-bond donors (Lipinski definition) is 2. The number of primary amides is 1. The Morgan fingerprint density at radius 1 is 0.900 bits per heavy atom. The first-order valence-corrected chi connectivity index (χ1v) is 16.4. The molecule has 0 aromatic heterocycles. The minimum Gasteiger partial charge on any atom is -0.369 e. The van der Waals surface area contributed by atoms with Crippen LogP contribution in [0.3, 0.4) is 0 Å². The number of benzodiazepines with no additional fused rings is 1. The van der Waals surface area contributed by atoms with Gasteiger partial charge in [-0.05, 0) is 59.7 Å². The number of nitrogens with zero attached hydrogens (tertiary/aromatic N) is 2. The molecule has 0 saturated heterocycles. The molecule has 7 nitrogen and oxygen atoms in total. The fourth-order valence-corrected chi connectivity index (χ4v) is 6.26. The minimum atomic E-state index is -4.45. The van der Waals surface area contributed by atoms with Crippen LogP contribution in [0.15, 0.2) is 121 Å². The molecule has 3 unspecified atom stereocenters. The van der Waals surface area contributed by atoms with E-state index in [-0.39, 0.29) is 18.9 Å². The number of halogens is 3. The molecule has 0 saturated carbocycles. The van der Waals surface area contributed by atoms with E-state index >= 15 is 0 Å². The Kier molecular flexibility index (Phi) is 11.0. The number of amides is 3. The highest BCUT2D eigenvalue weighted by atomic mass is 19.4. The summed E-state index contributed by atoms with van der Waals surface area (Å²) < 4.78 is 39.6. The molecule has 1 aliphatic heterocycles. The van der Waals surface area contributed by atoms with Crippen molar-refractivity contribution in [3.8, 4) is 11.1 Å². The van der Waals surface area contributed by atoms with Gasteiger partial charge in [-0.2, -0.15) is 13.2 Å². The lowest BCUT2D eigenvalue weighted by Crippen LogP contribution is -2.50. The molecule has 3 N–H and O–H groups in total. The molecule has 0 spiro atoms. The number of aliphatic imine (C=N–C) groups is 1. The number of carbonyl (C=O) groups is 3. The van der Waals surface area contributed by atoms with Crippen molar-refractivity contribution in [2.75, 3.05) is 4.90 Å². The number of para-hydroxylation sites is 1. The van der Waals surface area contributed by atoms with Gasteiger partial charge >= 0.3 is 6.18 Å². The zero-order chi connectivity index (χ0) is 36.0. The minimum absolute atomic E-state index is 0.0447. The Hall–Kier alpha value is -5.51. The van der Waals surface area contributed by atoms with Crippen molar-refractivity contribution in [2.24, 2.45) is 28.5 Å². The van der Waals surface area contributed by atoms with Crippen molar-refractivity contribution in [1.29, 1.82) is 0 Å². The summed E-state index contributed by atoms with van der Waals surface area (Å²) in [6.07, 6.45) is -3.70. The summed E-state index contributed by atoms with van der Waals surface area (Å²) >= 11 is 0. The second-order valence-electron chi connectivity index (χ2n) is 12.7. The lowest BCUT2D eigenvalue weighted by atomic mass is 9.82. The van der Waals surface area contributed by atoms with E-state index in [1.54, 1.807) is 23.1 Å². The lowest BCUT2D eigenvalue weighted by Gasteiger charge is -2.28. The molecule has 1 aliphatic rings. The van der Waals surface area contributed by atoms with Crippen LogP contribution >= 0.6 is 0 Å². The molecule has 3 atom stereocenters. The highest BCUT2D eigenvalue weighted by Gasteiger charge is 2.38. The van der Waals surface area contributed by atoms with Gasteiger partial charge in [-0.1, -0.05) is 98.8 Å². The first-order chi connectivity index (χ1) is 23.9. The number of hydrogen-bond acceptors (Lipinski definition) is 4. The van der Waals surface area contributed by atoms with E-state index in [1.807, 2.05) is 80.6 Å². The van der Waals surface area contributed by atoms with Gasteiger partial charge in [0, 0.05) is 11.1 Å². The van der Waals surface area contributed by atoms with Gasteiger partial charge in [0.05, 0.1) is 35.3 Å². The van der Waals surface area contributed by atoms with E-state index < -0.39 is 47.5 Å². The fraction of sp³-hybridized carbons (Fsp3) is 0.250. The fourth-order valence-electron chi connectivity index (χ4n) is 6.26. The van der Waals surface area contributed by atoms with Crippen LogP contribution in [0.1, 0.15) is 48.9 Å². The number of nitrogens with one attached hydrogen (secondary N) is 1. The Labute approximate surface area is 289 Å². The monoisotopic (exact) mass is 680 g/mol. The number of allylic oxidation sites excluding steroid dienone is 1. The Morgan fingerprint density at radius 3 is 2.20 bits per heavy atom. The van der Waals surface area contributed by atoms with Gasteiger partial charge in [0.25, 0.3) is 5.91 Å². The van der Waals surface area contributed by atoms with Crippen LogP contribution in [0.25, 0.3) is 11.1 Å². The average molecular weight is 681 g/mol. The second-order valence-corrected chi connectivity index (χ2v) is 12.7. The Bertz CT molecular complexity index is 1890. The summed E-state index contributed by atoms with van der Waals surface area (Å²) in [5, 5.41) is 2.86. The first kappa shape index (κ1) is 35.8. The van der Waals surface area contributed by atoms with Crippen molar-refractivity contribution < 1.29 is 27.6 Å². The maximum Gasteiger partial charge on any atom is 0.416 e. The van der Waals surface area contributed by atoms with Crippen molar-refractivity contribution in [2.45, 2.75) is 45.6 Å².